The smallest absolute Gasteiger partial charge is 0.262 e. The van der Waals surface area contributed by atoms with Crippen LogP contribution < -0.4 is 5.32 Å². The number of halogens is 3. The number of carbonyl (C=O) groups is 1. The van der Waals surface area contributed by atoms with E-state index < -0.39 is 40.7 Å². The maximum absolute atomic E-state index is 13.0. The molecule has 0 aromatic heterocycles. The summed E-state index contributed by atoms with van der Waals surface area (Å²) in [4.78, 5) is 13.2. The average molecular weight is 321 g/mol. The second-order valence-electron chi connectivity index (χ2n) is 4.54. The zero-order valence-electron chi connectivity index (χ0n) is 10.9. The molecule has 5 nitrogen and oxygen atoms in total. The van der Waals surface area contributed by atoms with E-state index in [4.69, 9.17) is 0 Å². The van der Waals surface area contributed by atoms with Crippen LogP contribution in [-0.2, 0) is 14.6 Å². The van der Waals surface area contributed by atoms with Gasteiger partial charge in [0, 0.05) is 25.8 Å². The van der Waals surface area contributed by atoms with E-state index in [-0.39, 0.29) is 24.7 Å². The van der Waals surface area contributed by atoms with Crippen LogP contribution in [0.4, 0.5) is 8.78 Å². The van der Waals surface area contributed by atoms with Crippen molar-refractivity contribution in [1.29, 1.82) is 0 Å². The molecular weight excluding hydrogens is 302 g/mol. The van der Waals surface area contributed by atoms with Gasteiger partial charge in [-0.3, -0.25) is 10.1 Å². The van der Waals surface area contributed by atoms with E-state index in [2.05, 4.69) is 5.32 Å². The first-order valence-electron chi connectivity index (χ1n) is 5.72. The van der Waals surface area contributed by atoms with E-state index in [1.165, 1.54) is 4.90 Å². The number of carbonyl (C=O) groups excluding carboxylic acids is 1. The molecule has 19 heavy (non-hydrogen) atoms. The molecule has 1 unspecified atom stereocenters. The topological polar surface area (TPSA) is 66.5 Å². The molecule has 1 atom stereocenters. The second kappa shape index (κ2) is 6.81. The molecule has 0 aromatic carbocycles. The maximum atomic E-state index is 13.0. The van der Waals surface area contributed by atoms with Crippen LogP contribution in [0.25, 0.3) is 0 Å². The molecule has 1 amide bonds. The van der Waals surface area contributed by atoms with Gasteiger partial charge in [-0.25, -0.2) is 17.2 Å². The Kier molecular flexibility index (Phi) is 6.64. The highest BCUT2D eigenvalue weighted by Crippen LogP contribution is 2.25. The fourth-order valence-electron chi connectivity index (χ4n) is 1.81. The minimum Gasteiger partial charge on any atom is -0.341 e. The summed E-state index contributed by atoms with van der Waals surface area (Å²) in [5.41, 5.74) is 0. The highest BCUT2D eigenvalue weighted by atomic mass is 35.5. The number of nitrogens with zero attached hydrogens (tertiary/aromatic N) is 1. The molecule has 9 heteroatoms. The fraction of sp³-hybridized carbons (Fsp3) is 0.900. The lowest BCUT2D eigenvalue weighted by Crippen LogP contribution is -2.45. The van der Waals surface area contributed by atoms with E-state index in [0.29, 0.717) is 6.54 Å². The average Bonchev–Trinajstić information content (AvgIpc) is 2.58. The SMILES string of the molecule is CCN(CCS(C)(=O)=O)C(=O)C1CC(F)(F)CN1.Cl. The van der Waals surface area contributed by atoms with E-state index in [1.807, 2.05) is 0 Å². The van der Waals surface area contributed by atoms with Gasteiger partial charge >= 0.3 is 0 Å². The predicted octanol–water partition coefficient (Wildman–Crippen LogP) is 0.299. The molecule has 1 rings (SSSR count). The Morgan fingerprint density at radius 1 is 1.47 bits per heavy atom. The Bertz CT molecular complexity index is 417. The Balaban J connectivity index is 0.00000324. The number of hydrogen-bond donors (Lipinski definition) is 1. The predicted molar refractivity (Wildman–Crippen MR) is 70.6 cm³/mol. The van der Waals surface area contributed by atoms with Crippen LogP contribution in [0.5, 0.6) is 0 Å². The molecule has 1 fully saturated rings. The molecule has 0 aromatic rings. The highest BCUT2D eigenvalue weighted by molar-refractivity contribution is 7.90. The summed E-state index contributed by atoms with van der Waals surface area (Å²) >= 11 is 0. The molecule has 1 saturated heterocycles. The van der Waals surface area contributed by atoms with Gasteiger partial charge in [-0.15, -0.1) is 12.4 Å². The molecule has 0 saturated carbocycles. The Hall–Kier alpha value is -0.470. The van der Waals surface area contributed by atoms with Gasteiger partial charge in [0.25, 0.3) is 5.92 Å². The van der Waals surface area contributed by atoms with Crippen LogP contribution in [0.3, 0.4) is 0 Å². The third kappa shape index (κ3) is 6.01. The van der Waals surface area contributed by atoms with Gasteiger partial charge in [0.05, 0.1) is 18.3 Å². The van der Waals surface area contributed by atoms with Crippen molar-refractivity contribution in [2.24, 2.45) is 0 Å². The lowest BCUT2D eigenvalue weighted by molar-refractivity contribution is -0.133. The molecule has 1 N–H and O–H groups in total. The molecule has 1 heterocycles. The molecule has 1 aliphatic heterocycles. The van der Waals surface area contributed by atoms with Crippen molar-refractivity contribution in [3.05, 3.63) is 0 Å². The van der Waals surface area contributed by atoms with Crippen molar-refractivity contribution in [3.8, 4) is 0 Å². The zero-order valence-corrected chi connectivity index (χ0v) is 12.5. The number of hydrogen-bond acceptors (Lipinski definition) is 4. The van der Waals surface area contributed by atoms with Crippen molar-refractivity contribution < 1.29 is 22.0 Å². The van der Waals surface area contributed by atoms with Crippen LogP contribution in [0, 0.1) is 0 Å². The van der Waals surface area contributed by atoms with Crippen LogP contribution in [0.15, 0.2) is 0 Å². The quantitative estimate of drug-likeness (QED) is 0.791. The first-order chi connectivity index (χ1) is 8.14. The maximum Gasteiger partial charge on any atom is 0.262 e. The summed E-state index contributed by atoms with van der Waals surface area (Å²) in [6.45, 7) is 1.52. The number of amides is 1. The van der Waals surface area contributed by atoms with E-state index >= 15 is 0 Å². The summed E-state index contributed by atoms with van der Waals surface area (Å²) in [5, 5.41) is 2.47. The normalized spacial score (nSPS) is 21.8. The number of likely N-dealkylation sites (N-methyl/N-ethyl adjacent to an activating group) is 1. The Morgan fingerprint density at radius 3 is 2.42 bits per heavy atom. The molecule has 0 radical (unpaired) electrons. The van der Waals surface area contributed by atoms with Gasteiger partial charge in [0.1, 0.15) is 9.84 Å². The highest BCUT2D eigenvalue weighted by Gasteiger charge is 2.43. The standard InChI is InChI=1S/C10H18F2N2O3S.ClH/c1-3-14(4-5-18(2,16)17)9(15)8-6-10(11,12)7-13-8;/h8,13H,3-7H2,1-2H3;1H. The second-order valence-corrected chi connectivity index (χ2v) is 6.80. The fourth-order valence-corrected chi connectivity index (χ4v) is 2.36. The summed E-state index contributed by atoms with van der Waals surface area (Å²) in [7, 11) is -3.17. The zero-order chi connectivity index (χ0) is 14.0. The number of rotatable bonds is 5. The van der Waals surface area contributed by atoms with Crippen LogP contribution in [0.1, 0.15) is 13.3 Å². The Labute approximate surface area is 118 Å². The van der Waals surface area contributed by atoms with Gasteiger partial charge in [-0.2, -0.15) is 0 Å². The minimum absolute atomic E-state index is 0. The third-order valence-electron chi connectivity index (χ3n) is 2.83. The Morgan fingerprint density at radius 2 is 2.05 bits per heavy atom. The van der Waals surface area contributed by atoms with Gasteiger partial charge in [0.15, 0.2) is 0 Å². The van der Waals surface area contributed by atoms with Crippen LogP contribution >= 0.6 is 12.4 Å². The van der Waals surface area contributed by atoms with Gasteiger partial charge in [-0.1, -0.05) is 0 Å². The number of nitrogens with one attached hydrogen (secondary N) is 1. The molecule has 0 bridgehead atoms. The molecule has 114 valence electrons. The molecule has 0 spiro atoms. The number of alkyl halides is 2. The van der Waals surface area contributed by atoms with Gasteiger partial charge in [-0.05, 0) is 6.92 Å². The summed E-state index contributed by atoms with van der Waals surface area (Å²) in [6, 6.07) is -0.917. The van der Waals surface area contributed by atoms with Crippen molar-refractivity contribution in [2.45, 2.75) is 25.3 Å². The summed E-state index contributed by atoms with van der Waals surface area (Å²) < 4.78 is 48.0. The first-order valence-corrected chi connectivity index (χ1v) is 7.78. The van der Waals surface area contributed by atoms with Crippen LogP contribution in [0.2, 0.25) is 0 Å². The molecular formula is C10H19ClF2N2O3S. The summed E-state index contributed by atoms with van der Waals surface area (Å²) in [6.07, 6.45) is 0.550. The van der Waals surface area contributed by atoms with Gasteiger partial charge < -0.3 is 4.90 Å². The lowest BCUT2D eigenvalue weighted by atomic mass is 10.1. The van der Waals surface area contributed by atoms with Crippen LogP contribution in [-0.4, -0.2) is 62.8 Å². The van der Waals surface area contributed by atoms with E-state index in [0.717, 1.165) is 6.26 Å². The molecule has 0 aliphatic carbocycles. The van der Waals surface area contributed by atoms with E-state index in [1.54, 1.807) is 6.92 Å². The van der Waals surface area contributed by atoms with Crippen molar-refractivity contribution >= 4 is 28.2 Å². The third-order valence-corrected chi connectivity index (χ3v) is 3.76. The molecule has 1 aliphatic rings. The monoisotopic (exact) mass is 320 g/mol. The lowest BCUT2D eigenvalue weighted by Gasteiger charge is -2.23. The van der Waals surface area contributed by atoms with Crippen molar-refractivity contribution in [3.63, 3.8) is 0 Å². The first kappa shape index (κ1) is 18.5. The van der Waals surface area contributed by atoms with Crippen molar-refractivity contribution in [2.75, 3.05) is 31.6 Å². The summed E-state index contributed by atoms with van der Waals surface area (Å²) in [5.74, 6) is -3.48. The van der Waals surface area contributed by atoms with Gasteiger partial charge in [0.2, 0.25) is 5.91 Å². The largest absolute Gasteiger partial charge is 0.341 e. The minimum atomic E-state index is -3.17. The number of sulfone groups is 1. The van der Waals surface area contributed by atoms with E-state index in [9.17, 15) is 22.0 Å². The van der Waals surface area contributed by atoms with Crippen molar-refractivity contribution in [1.82, 2.24) is 10.2 Å².